The van der Waals surface area contributed by atoms with Crippen molar-refractivity contribution in [1.82, 2.24) is 4.98 Å². The molecule has 5 nitrogen and oxygen atoms in total. The molecule has 6 heteroatoms. The van der Waals surface area contributed by atoms with Crippen molar-refractivity contribution in [2.75, 3.05) is 0 Å². The molecule has 5 rings (SSSR count). The molecular weight excluding hydrogens is 434 g/mol. The molecule has 1 saturated carbocycles. The van der Waals surface area contributed by atoms with E-state index in [1.807, 2.05) is 36.4 Å². The second-order valence-electron chi connectivity index (χ2n) is 8.57. The zero-order valence-electron chi connectivity index (χ0n) is 17.9. The Labute approximate surface area is 192 Å². The normalized spacial score (nSPS) is 17.7. The highest BCUT2D eigenvalue weighted by atomic mass is 32.2. The van der Waals surface area contributed by atoms with Gasteiger partial charge in [0.2, 0.25) is 0 Å². The minimum absolute atomic E-state index is 0.0409. The van der Waals surface area contributed by atoms with Crippen molar-refractivity contribution in [2.24, 2.45) is 5.92 Å². The minimum atomic E-state index is -3.47. The highest BCUT2D eigenvalue weighted by Crippen LogP contribution is 2.48. The van der Waals surface area contributed by atoms with Gasteiger partial charge in [-0.3, -0.25) is 9.78 Å². The highest BCUT2D eigenvalue weighted by molar-refractivity contribution is 7.90. The maximum Gasteiger partial charge on any atom is 0.184 e. The molecule has 1 aromatic heterocycles. The molecule has 33 heavy (non-hydrogen) atoms. The molecule has 4 aromatic rings. The Morgan fingerprint density at radius 3 is 2.55 bits per heavy atom. The number of hydrogen-bond donors (Lipinski definition) is 1. The van der Waals surface area contributed by atoms with Gasteiger partial charge in [-0.2, -0.15) is 0 Å². The monoisotopic (exact) mass is 457 g/mol. The average Bonchev–Trinajstić information content (AvgIpc) is 3.61. The minimum Gasteiger partial charge on any atom is -0.507 e. The number of aromatic nitrogens is 1. The second kappa shape index (κ2) is 8.45. The van der Waals surface area contributed by atoms with Crippen LogP contribution < -0.4 is 0 Å². The number of phenolic OH excluding ortho intramolecular Hbond substituents is 1. The van der Waals surface area contributed by atoms with E-state index in [-0.39, 0.29) is 34.0 Å². The van der Waals surface area contributed by atoms with Gasteiger partial charge in [-0.15, -0.1) is 0 Å². The molecule has 0 saturated heterocycles. The van der Waals surface area contributed by atoms with E-state index >= 15 is 0 Å². The third-order valence-corrected chi connectivity index (χ3v) is 7.90. The molecule has 0 aliphatic heterocycles. The van der Waals surface area contributed by atoms with E-state index in [1.54, 1.807) is 48.7 Å². The van der Waals surface area contributed by atoms with Gasteiger partial charge in [-0.05, 0) is 59.2 Å². The lowest BCUT2D eigenvalue weighted by Crippen LogP contribution is -2.07. The van der Waals surface area contributed by atoms with E-state index in [4.69, 9.17) is 0 Å². The summed E-state index contributed by atoms with van der Waals surface area (Å²) in [6.45, 7) is 0. The fourth-order valence-electron chi connectivity index (χ4n) is 4.36. The van der Waals surface area contributed by atoms with Crippen LogP contribution in [0.1, 0.15) is 29.2 Å². The van der Waals surface area contributed by atoms with Crippen molar-refractivity contribution in [3.63, 3.8) is 0 Å². The van der Waals surface area contributed by atoms with Gasteiger partial charge in [-0.1, -0.05) is 48.5 Å². The Morgan fingerprint density at radius 2 is 1.79 bits per heavy atom. The predicted octanol–water partition coefficient (Wildman–Crippen LogP) is 4.83. The van der Waals surface area contributed by atoms with E-state index in [0.717, 1.165) is 28.3 Å². The van der Waals surface area contributed by atoms with Gasteiger partial charge in [0.15, 0.2) is 9.84 Å². The third kappa shape index (κ3) is 4.52. The summed E-state index contributed by atoms with van der Waals surface area (Å²) >= 11 is 0. The Bertz CT molecular complexity index is 1430. The first kappa shape index (κ1) is 21.3. The van der Waals surface area contributed by atoms with Crippen molar-refractivity contribution in [3.8, 4) is 5.75 Å². The molecular formula is C27H23NO4S. The molecule has 166 valence electrons. The summed E-state index contributed by atoms with van der Waals surface area (Å²) in [5, 5.41) is 11.6. The Kier molecular flexibility index (Phi) is 5.46. The Morgan fingerprint density at radius 1 is 0.970 bits per heavy atom. The number of hydrogen-bond acceptors (Lipinski definition) is 5. The van der Waals surface area contributed by atoms with Gasteiger partial charge >= 0.3 is 0 Å². The van der Waals surface area contributed by atoms with Crippen LogP contribution in [0.15, 0.2) is 90.0 Å². The van der Waals surface area contributed by atoms with Crippen molar-refractivity contribution < 1.29 is 18.3 Å². The number of carbonyl (C=O) groups is 1. The maximum absolute atomic E-state index is 12.8. The summed E-state index contributed by atoms with van der Waals surface area (Å²) in [6.07, 6.45) is 2.72. The van der Waals surface area contributed by atoms with Gasteiger partial charge < -0.3 is 5.11 Å². The van der Waals surface area contributed by atoms with Gasteiger partial charge in [0.05, 0.1) is 16.3 Å². The number of nitrogens with zero attached hydrogens (tertiary/aromatic N) is 1. The van der Waals surface area contributed by atoms with E-state index < -0.39 is 9.84 Å². The lowest BCUT2D eigenvalue weighted by Gasteiger charge is -2.07. The van der Waals surface area contributed by atoms with Crippen LogP contribution in [0.2, 0.25) is 0 Å². The zero-order chi connectivity index (χ0) is 23.0. The van der Waals surface area contributed by atoms with E-state index in [1.165, 1.54) is 0 Å². The van der Waals surface area contributed by atoms with Crippen LogP contribution in [0, 0.1) is 5.92 Å². The van der Waals surface area contributed by atoms with Crippen LogP contribution in [0.25, 0.3) is 10.8 Å². The van der Waals surface area contributed by atoms with Gasteiger partial charge in [0.25, 0.3) is 0 Å². The van der Waals surface area contributed by atoms with Crippen LogP contribution in [0.5, 0.6) is 5.75 Å². The number of carbonyl (C=O) groups excluding carboxylic acids is 1. The van der Waals surface area contributed by atoms with Crippen molar-refractivity contribution in [1.29, 1.82) is 0 Å². The van der Waals surface area contributed by atoms with Crippen LogP contribution in [-0.2, 0) is 26.8 Å². The fourth-order valence-corrected chi connectivity index (χ4v) is 5.64. The summed E-state index contributed by atoms with van der Waals surface area (Å²) in [7, 11) is -3.47. The van der Waals surface area contributed by atoms with Crippen LogP contribution >= 0.6 is 0 Å². The van der Waals surface area contributed by atoms with Crippen LogP contribution in [0.3, 0.4) is 0 Å². The first-order valence-corrected chi connectivity index (χ1v) is 12.5. The average molecular weight is 458 g/mol. The second-order valence-corrected chi connectivity index (χ2v) is 10.6. The lowest BCUT2D eigenvalue weighted by atomic mass is 10.00. The number of ketones is 1. The first-order chi connectivity index (χ1) is 15.9. The number of fused-ring (bicyclic) bond motifs is 1. The molecule has 0 radical (unpaired) electrons. The molecule has 1 unspecified atom stereocenters. The number of Topliss-reactive ketones (excluding diaryl/α,β-unsaturated/α-hetero) is 1. The lowest BCUT2D eigenvalue weighted by molar-refractivity contribution is -0.119. The summed E-state index contributed by atoms with van der Waals surface area (Å²) < 4.78 is 25.4. The topological polar surface area (TPSA) is 84.3 Å². The number of pyridine rings is 1. The molecule has 0 spiro atoms. The summed E-state index contributed by atoms with van der Waals surface area (Å²) in [4.78, 5) is 17.2. The predicted molar refractivity (Wildman–Crippen MR) is 127 cm³/mol. The largest absolute Gasteiger partial charge is 0.507 e. The van der Waals surface area contributed by atoms with Crippen molar-refractivity contribution in [2.45, 2.75) is 29.4 Å². The van der Waals surface area contributed by atoms with Gasteiger partial charge in [0.1, 0.15) is 11.5 Å². The molecule has 1 aliphatic rings. The number of sulfone groups is 1. The molecule has 0 amide bonds. The number of aromatic hydroxyl groups is 1. The standard InChI is InChI=1S/C27H23NO4S/c29-26-6-3-4-20-14-18(7-12-23(20)26)15-27(30)25-16-24(25)19-8-10-22(11-9-19)33(31,32)17-21-5-1-2-13-28-21/h1-14,24-25,29H,15-17H2/t24?,25-/m1/s1. The smallest absolute Gasteiger partial charge is 0.184 e. The quantitative estimate of drug-likeness (QED) is 0.430. The van der Waals surface area contributed by atoms with E-state index in [9.17, 15) is 18.3 Å². The summed E-state index contributed by atoms with van der Waals surface area (Å²) in [6, 6.07) is 23.2. The maximum atomic E-state index is 12.8. The molecule has 1 aliphatic carbocycles. The summed E-state index contributed by atoms with van der Waals surface area (Å²) in [5.74, 6) is 0.376. The van der Waals surface area contributed by atoms with E-state index in [2.05, 4.69) is 4.98 Å². The number of rotatable bonds is 7. The first-order valence-electron chi connectivity index (χ1n) is 10.9. The zero-order valence-corrected chi connectivity index (χ0v) is 18.7. The SMILES string of the molecule is O=C(Cc1ccc2c(O)cccc2c1)[C@@H]1CC1c1ccc(S(=O)(=O)Cc2ccccn2)cc1. The fraction of sp³-hybridized carbons (Fsp3) is 0.185. The Hall–Kier alpha value is -3.51. The highest BCUT2D eigenvalue weighted by Gasteiger charge is 2.43. The van der Waals surface area contributed by atoms with Crippen molar-refractivity contribution in [3.05, 3.63) is 102 Å². The van der Waals surface area contributed by atoms with Crippen LogP contribution in [-0.4, -0.2) is 24.3 Å². The third-order valence-electron chi connectivity index (χ3n) is 6.24. The van der Waals surface area contributed by atoms with Crippen molar-refractivity contribution >= 4 is 26.4 Å². The van der Waals surface area contributed by atoms with E-state index in [0.29, 0.717) is 12.1 Å². The molecule has 2 atom stereocenters. The molecule has 1 heterocycles. The number of benzene rings is 3. The van der Waals surface area contributed by atoms with Gasteiger partial charge in [-0.25, -0.2) is 8.42 Å². The summed E-state index contributed by atoms with van der Waals surface area (Å²) in [5.41, 5.74) is 2.44. The molecule has 0 bridgehead atoms. The van der Waals surface area contributed by atoms with Gasteiger partial charge in [0, 0.05) is 23.9 Å². The Balaban J connectivity index is 1.24. The molecule has 3 aromatic carbocycles. The number of phenols is 1. The molecule has 1 N–H and O–H groups in total. The molecule has 1 fully saturated rings. The van der Waals surface area contributed by atoms with Crippen LogP contribution in [0.4, 0.5) is 0 Å².